The summed E-state index contributed by atoms with van der Waals surface area (Å²) < 4.78 is 2.32. The number of halogens is 1. The Bertz CT molecular complexity index is 1270. The number of benzene rings is 4. The van der Waals surface area contributed by atoms with Crippen LogP contribution >= 0.6 is 24.2 Å². The summed E-state index contributed by atoms with van der Waals surface area (Å²) in [6.45, 7) is 0. The van der Waals surface area contributed by atoms with E-state index in [2.05, 4.69) is 83.9 Å². The van der Waals surface area contributed by atoms with Gasteiger partial charge in [0.1, 0.15) is 0 Å². The molecule has 3 heteroatoms. The Kier molecular flexibility index (Phi) is 3.96. The van der Waals surface area contributed by atoms with Gasteiger partial charge in [0.2, 0.25) is 0 Å². The summed E-state index contributed by atoms with van der Waals surface area (Å²) in [7, 11) is 0. The van der Waals surface area contributed by atoms with Crippen molar-refractivity contribution in [3.63, 3.8) is 0 Å². The van der Waals surface area contributed by atoms with Crippen LogP contribution in [0.1, 0.15) is 0 Å². The Morgan fingerprint density at radius 1 is 0.630 bits per heavy atom. The van der Waals surface area contributed by atoms with Crippen molar-refractivity contribution in [2.45, 2.75) is 4.90 Å². The highest BCUT2D eigenvalue weighted by Crippen LogP contribution is 2.35. The lowest BCUT2D eigenvalue weighted by molar-refractivity contribution is 1.18. The molecular weight excluding hydrogens is 370 g/mol. The minimum absolute atomic E-state index is 0.698. The van der Waals surface area contributed by atoms with Gasteiger partial charge in [-0.1, -0.05) is 54.1 Å². The average Bonchev–Trinajstić information content (AvgIpc) is 3.01. The Morgan fingerprint density at radius 3 is 2.19 bits per heavy atom. The summed E-state index contributed by atoms with van der Waals surface area (Å²) in [5.41, 5.74) is 5.77. The first-order valence-corrected chi connectivity index (χ1v) is 9.62. The molecule has 0 saturated heterocycles. The monoisotopic (exact) mass is 385 g/mol. The number of hydrogen-bond donors (Lipinski definition) is 1. The SMILES string of the molecule is Sc1cc(Cl)cc(-c2ccc3c(c2)c2ccccc2n3-c2ccccc2)c1. The number of aromatic nitrogens is 1. The van der Waals surface area contributed by atoms with Crippen LogP contribution in [-0.4, -0.2) is 4.57 Å². The van der Waals surface area contributed by atoms with Gasteiger partial charge in [0, 0.05) is 26.4 Å². The third-order valence-corrected chi connectivity index (χ3v) is 5.38. The van der Waals surface area contributed by atoms with E-state index >= 15 is 0 Å². The van der Waals surface area contributed by atoms with Crippen molar-refractivity contribution < 1.29 is 0 Å². The fourth-order valence-electron chi connectivity index (χ4n) is 3.75. The minimum Gasteiger partial charge on any atom is -0.309 e. The van der Waals surface area contributed by atoms with Crippen molar-refractivity contribution >= 4 is 46.0 Å². The van der Waals surface area contributed by atoms with Crippen molar-refractivity contribution in [2.75, 3.05) is 0 Å². The molecule has 0 N–H and O–H groups in total. The first-order chi connectivity index (χ1) is 13.2. The van der Waals surface area contributed by atoms with E-state index in [4.69, 9.17) is 11.6 Å². The molecule has 0 aliphatic carbocycles. The zero-order chi connectivity index (χ0) is 18.4. The van der Waals surface area contributed by atoms with Crippen LogP contribution < -0.4 is 0 Å². The third kappa shape index (κ3) is 2.82. The lowest BCUT2D eigenvalue weighted by Crippen LogP contribution is -1.92. The number of rotatable bonds is 2. The molecule has 0 spiro atoms. The normalized spacial score (nSPS) is 11.3. The van der Waals surface area contributed by atoms with Gasteiger partial charge in [-0.15, -0.1) is 12.6 Å². The molecule has 0 atom stereocenters. The zero-order valence-corrected chi connectivity index (χ0v) is 16.1. The first kappa shape index (κ1) is 16.5. The number of fused-ring (bicyclic) bond motifs is 3. The highest BCUT2D eigenvalue weighted by Gasteiger charge is 2.13. The second-order valence-electron chi connectivity index (χ2n) is 6.62. The van der Waals surface area contributed by atoms with Crippen LogP contribution in [0.2, 0.25) is 5.02 Å². The van der Waals surface area contributed by atoms with E-state index < -0.39 is 0 Å². The van der Waals surface area contributed by atoms with Gasteiger partial charge in [0.25, 0.3) is 0 Å². The Morgan fingerprint density at radius 2 is 1.37 bits per heavy atom. The molecule has 4 aromatic carbocycles. The summed E-state index contributed by atoms with van der Waals surface area (Å²) in [5.74, 6) is 0. The van der Waals surface area contributed by atoms with Crippen LogP contribution in [0, 0.1) is 0 Å². The van der Waals surface area contributed by atoms with Gasteiger partial charge in [0.05, 0.1) is 11.0 Å². The fraction of sp³-hybridized carbons (Fsp3) is 0. The van der Waals surface area contributed by atoms with E-state index in [9.17, 15) is 0 Å². The maximum absolute atomic E-state index is 6.24. The predicted molar refractivity (Wildman–Crippen MR) is 118 cm³/mol. The molecule has 0 amide bonds. The summed E-state index contributed by atoms with van der Waals surface area (Å²) in [6.07, 6.45) is 0. The van der Waals surface area contributed by atoms with E-state index in [1.54, 1.807) is 0 Å². The topological polar surface area (TPSA) is 4.93 Å². The molecule has 5 aromatic rings. The number of hydrogen-bond acceptors (Lipinski definition) is 1. The smallest absolute Gasteiger partial charge is 0.0541 e. The first-order valence-electron chi connectivity index (χ1n) is 8.79. The summed E-state index contributed by atoms with van der Waals surface area (Å²) >= 11 is 10.7. The summed E-state index contributed by atoms with van der Waals surface area (Å²) in [4.78, 5) is 0.865. The van der Waals surface area contributed by atoms with Crippen molar-refractivity contribution in [3.05, 3.63) is 96.0 Å². The summed E-state index contributed by atoms with van der Waals surface area (Å²) in [6, 6.07) is 31.5. The number of thiol groups is 1. The molecule has 130 valence electrons. The Hall–Kier alpha value is -2.68. The quantitative estimate of drug-likeness (QED) is 0.302. The van der Waals surface area contributed by atoms with Gasteiger partial charge in [-0.3, -0.25) is 0 Å². The van der Waals surface area contributed by atoms with Crippen LogP contribution in [0.25, 0.3) is 38.6 Å². The third-order valence-electron chi connectivity index (χ3n) is 4.90. The van der Waals surface area contributed by atoms with Gasteiger partial charge in [-0.2, -0.15) is 0 Å². The molecule has 0 aliphatic heterocycles. The van der Waals surface area contributed by atoms with Gasteiger partial charge >= 0.3 is 0 Å². The molecule has 0 aliphatic rings. The van der Waals surface area contributed by atoms with E-state index in [-0.39, 0.29) is 0 Å². The molecule has 27 heavy (non-hydrogen) atoms. The van der Waals surface area contributed by atoms with Crippen molar-refractivity contribution in [2.24, 2.45) is 0 Å². The maximum Gasteiger partial charge on any atom is 0.0541 e. The molecule has 1 nitrogen and oxygen atoms in total. The van der Waals surface area contributed by atoms with E-state index in [0.717, 1.165) is 21.7 Å². The largest absolute Gasteiger partial charge is 0.309 e. The number of nitrogens with zero attached hydrogens (tertiary/aromatic N) is 1. The molecule has 1 heterocycles. The van der Waals surface area contributed by atoms with Gasteiger partial charge in [-0.25, -0.2) is 0 Å². The highest BCUT2D eigenvalue weighted by molar-refractivity contribution is 7.80. The molecule has 0 unspecified atom stereocenters. The fourth-order valence-corrected chi connectivity index (χ4v) is 4.34. The number of para-hydroxylation sites is 2. The predicted octanol–water partition coefficient (Wildman–Crippen LogP) is 7.39. The molecule has 0 fully saturated rings. The summed E-state index contributed by atoms with van der Waals surface area (Å²) in [5, 5.41) is 3.17. The Labute approximate surface area is 168 Å². The van der Waals surface area contributed by atoms with Crippen LogP contribution in [-0.2, 0) is 0 Å². The zero-order valence-electron chi connectivity index (χ0n) is 14.4. The highest BCUT2D eigenvalue weighted by atomic mass is 35.5. The van der Waals surface area contributed by atoms with Crippen LogP contribution in [0.4, 0.5) is 0 Å². The minimum atomic E-state index is 0.698. The Balaban J connectivity index is 1.83. The molecule has 0 radical (unpaired) electrons. The maximum atomic E-state index is 6.24. The van der Waals surface area contributed by atoms with Crippen LogP contribution in [0.5, 0.6) is 0 Å². The van der Waals surface area contributed by atoms with Crippen molar-refractivity contribution in [3.8, 4) is 16.8 Å². The molecule has 0 saturated carbocycles. The van der Waals surface area contributed by atoms with Crippen molar-refractivity contribution in [1.29, 1.82) is 0 Å². The molecule has 1 aromatic heterocycles. The van der Waals surface area contributed by atoms with Gasteiger partial charge in [-0.05, 0) is 59.7 Å². The van der Waals surface area contributed by atoms with Gasteiger partial charge in [0.15, 0.2) is 0 Å². The standard InChI is InChI=1S/C24H16ClNS/c25-18-12-17(13-20(27)15-18)16-10-11-24-22(14-16)21-8-4-5-9-23(21)26(24)19-6-2-1-3-7-19/h1-15,27H. The van der Waals surface area contributed by atoms with Crippen LogP contribution in [0.15, 0.2) is 95.9 Å². The van der Waals surface area contributed by atoms with Crippen molar-refractivity contribution in [1.82, 2.24) is 4.57 Å². The molecule has 5 rings (SSSR count). The average molecular weight is 386 g/mol. The second kappa shape index (κ2) is 6.49. The lowest BCUT2D eigenvalue weighted by atomic mass is 10.0. The molecule has 0 bridgehead atoms. The second-order valence-corrected chi connectivity index (χ2v) is 7.57. The van der Waals surface area contributed by atoms with E-state index in [1.165, 1.54) is 21.8 Å². The van der Waals surface area contributed by atoms with Crippen LogP contribution in [0.3, 0.4) is 0 Å². The van der Waals surface area contributed by atoms with E-state index in [1.807, 2.05) is 24.3 Å². The lowest BCUT2D eigenvalue weighted by Gasteiger charge is -2.08. The van der Waals surface area contributed by atoms with Gasteiger partial charge < -0.3 is 4.57 Å². The molecular formula is C24H16ClNS. The van der Waals surface area contributed by atoms with E-state index in [0.29, 0.717) is 5.02 Å².